The lowest BCUT2D eigenvalue weighted by Crippen LogP contribution is -2.30. The molecule has 0 aliphatic heterocycles. The van der Waals surface area contributed by atoms with Gasteiger partial charge in [-0.1, -0.05) is 36.4 Å². The zero-order chi connectivity index (χ0) is 24.7. The maximum Gasteiger partial charge on any atom is 0.414 e. The highest BCUT2D eigenvalue weighted by Crippen LogP contribution is 2.25. The Kier molecular flexibility index (Phi) is 7.56. The van der Waals surface area contributed by atoms with Gasteiger partial charge in [-0.3, -0.25) is 9.61 Å². The number of sulfone groups is 1. The summed E-state index contributed by atoms with van der Waals surface area (Å²) in [4.78, 5) is 16.4. The zero-order valence-electron chi connectivity index (χ0n) is 18.7. The SMILES string of the molecule is O=C(OCCCCCCOc1no[n+]([O-])c1S(=O)(=O)c1ccccc1)c1ccnc2ccccc12. The second kappa shape index (κ2) is 11.0. The highest BCUT2D eigenvalue weighted by Gasteiger charge is 2.35. The number of pyridine rings is 1. The maximum absolute atomic E-state index is 12.7. The Labute approximate surface area is 201 Å². The smallest absolute Gasteiger partial charge is 0.414 e. The highest BCUT2D eigenvalue weighted by atomic mass is 32.2. The molecule has 4 aromatic rings. The number of aromatic nitrogens is 3. The van der Waals surface area contributed by atoms with Crippen LogP contribution in [0, 0.1) is 5.21 Å². The van der Waals surface area contributed by atoms with E-state index in [-0.39, 0.29) is 28.9 Å². The predicted octanol–water partition coefficient (Wildman–Crippen LogP) is 3.49. The average molecular weight is 498 g/mol. The minimum Gasteiger partial charge on any atom is -0.462 e. The van der Waals surface area contributed by atoms with Crippen LogP contribution < -0.4 is 9.64 Å². The molecule has 2 aromatic heterocycles. The molecule has 35 heavy (non-hydrogen) atoms. The molecule has 0 radical (unpaired) electrons. The lowest BCUT2D eigenvalue weighted by atomic mass is 10.1. The van der Waals surface area contributed by atoms with Crippen LogP contribution >= 0.6 is 0 Å². The van der Waals surface area contributed by atoms with E-state index in [9.17, 15) is 18.4 Å². The van der Waals surface area contributed by atoms with Crippen molar-refractivity contribution in [2.24, 2.45) is 0 Å². The first-order valence-corrected chi connectivity index (χ1v) is 12.5. The van der Waals surface area contributed by atoms with E-state index in [0.717, 1.165) is 23.7 Å². The normalized spacial score (nSPS) is 11.4. The van der Waals surface area contributed by atoms with Gasteiger partial charge in [0.2, 0.25) is 0 Å². The van der Waals surface area contributed by atoms with E-state index in [1.165, 1.54) is 12.1 Å². The summed E-state index contributed by atoms with van der Waals surface area (Å²) in [5.41, 5.74) is 1.21. The Bertz CT molecular complexity index is 1400. The van der Waals surface area contributed by atoms with E-state index < -0.39 is 20.8 Å². The standard InChI is InChI=1S/C24H23N3O7S/c28-24(20-14-15-25-21-13-7-6-12-19(20)21)33-17-9-2-1-8-16-32-22-23(27(29)34-26-22)35(30,31)18-10-4-3-5-11-18/h3-7,10-15H,1-2,8-9,16-17H2. The van der Waals surface area contributed by atoms with Crippen molar-refractivity contribution < 1.29 is 32.2 Å². The molecule has 10 nitrogen and oxygen atoms in total. The number of nitrogens with zero attached hydrogens (tertiary/aromatic N) is 3. The number of para-hydroxylation sites is 1. The summed E-state index contributed by atoms with van der Waals surface area (Å²) in [5.74, 6) is -0.765. The third kappa shape index (κ3) is 5.57. The van der Waals surface area contributed by atoms with Crippen LogP contribution in [0.4, 0.5) is 0 Å². The molecule has 0 amide bonds. The van der Waals surface area contributed by atoms with Gasteiger partial charge in [-0.25, -0.2) is 13.2 Å². The van der Waals surface area contributed by atoms with Crippen LogP contribution in [0.1, 0.15) is 36.0 Å². The van der Waals surface area contributed by atoms with Crippen molar-refractivity contribution >= 4 is 26.7 Å². The topological polar surface area (TPSA) is 136 Å². The predicted molar refractivity (Wildman–Crippen MR) is 123 cm³/mol. The fourth-order valence-corrected chi connectivity index (χ4v) is 4.78. The summed E-state index contributed by atoms with van der Waals surface area (Å²) in [6, 6.07) is 16.5. The molecular weight excluding hydrogens is 474 g/mol. The third-order valence-corrected chi connectivity index (χ3v) is 6.96. The van der Waals surface area contributed by atoms with Crippen molar-refractivity contribution in [3.05, 3.63) is 77.6 Å². The first kappa shape index (κ1) is 24.1. The first-order chi connectivity index (χ1) is 17.0. The first-order valence-electron chi connectivity index (χ1n) is 11.0. The number of ether oxygens (including phenoxy) is 2. The summed E-state index contributed by atoms with van der Waals surface area (Å²) in [7, 11) is -4.14. The minimum atomic E-state index is -4.14. The van der Waals surface area contributed by atoms with E-state index in [1.54, 1.807) is 30.5 Å². The molecule has 0 fully saturated rings. The van der Waals surface area contributed by atoms with E-state index in [1.807, 2.05) is 24.3 Å². The van der Waals surface area contributed by atoms with Gasteiger partial charge in [-0.15, -0.1) is 0 Å². The van der Waals surface area contributed by atoms with Crippen LogP contribution in [0.15, 0.2) is 81.4 Å². The highest BCUT2D eigenvalue weighted by molar-refractivity contribution is 7.91. The number of hydrogen-bond acceptors (Lipinski definition) is 9. The molecule has 2 heterocycles. The van der Waals surface area contributed by atoms with Crippen LogP contribution in [0.5, 0.6) is 5.88 Å². The van der Waals surface area contributed by atoms with E-state index in [0.29, 0.717) is 18.4 Å². The summed E-state index contributed by atoms with van der Waals surface area (Å²) in [6.45, 7) is 0.419. The van der Waals surface area contributed by atoms with E-state index in [4.69, 9.17) is 9.47 Å². The second-order valence-electron chi connectivity index (χ2n) is 7.63. The number of rotatable bonds is 11. The molecule has 2 aromatic carbocycles. The van der Waals surface area contributed by atoms with Gasteiger partial charge in [-0.2, -0.15) is 0 Å². The zero-order valence-corrected chi connectivity index (χ0v) is 19.5. The fourth-order valence-electron chi connectivity index (χ4n) is 3.48. The van der Waals surface area contributed by atoms with Crippen molar-refractivity contribution in [3.63, 3.8) is 0 Å². The molecule has 0 N–H and O–H groups in total. The molecule has 0 saturated heterocycles. The molecule has 182 valence electrons. The quantitative estimate of drug-likeness (QED) is 0.173. The van der Waals surface area contributed by atoms with Gasteiger partial charge < -0.3 is 14.7 Å². The average Bonchev–Trinajstić information content (AvgIpc) is 3.26. The molecule has 0 atom stereocenters. The maximum atomic E-state index is 12.7. The van der Waals surface area contributed by atoms with Gasteiger partial charge in [0, 0.05) is 11.6 Å². The molecule has 0 spiro atoms. The molecule has 0 aliphatic carbocycles. The Hall–Kier alpha value is -3.99. The van der Waals surface area contributed by atoms with Crippen molar-refractivity contribution in [2.45, 2.75) is 35.6 Å². The summed E-state index contributed by atoms with van der Waals surface area (Å²) >= 11 is 0. The Morgan fingerprint density at radius 1 is 0.943 bits per heavy atom. The van der Waals surface area contributed by atoms with Crippen LogP contribution in [-0.4, -0.2) is 37.7 Å². The third-order valence-electron chi connectivity index (χ3n) is 5.23. The lowest BCUT2D eigenvalue weighted by Gasteiger charge is -2.07. The number of esters is 1. The largest absolute Gasteiger partial charge is 0.462 e. The van der Waals surface area contributed by atoms with Crippen LogP contribution in [0.25, 0.3) is 10.9 Å². The second-order valence-corrected chi connectivity index (χ2v) is 9.50. The molecule has 0 saturated carbocycles. The molecule has 0 aliphatic rings. The molecule has 0 bridgehead atoms. The Balaban J connectivity index is 1.20. The minimum absolute atomic E-state index is 0.0630. The van der Waals surface area contributed by atoms with Crippen molar-refractivity contribution in [2.75, 3.05) is 13.2 Å². The lowest BCUT2D eigenvalue weighted by molar-refractivity contribution is -0.832. The number of unbranched alkanes of at least 4 members (excludes halogenated alkanes) is 3. The monoisotopic (exact) mass is 497 g/mol. The van der Waals surface area contributed by atoms with Crippen LogP contribution in [-0.2, 0) is 14.6 Å². The molecule has 11 heteroatoms. The van der Waals surface area contributed by atoms with Gasteiger partial charge in [0.05, 0.1) is 34.3 Å². The van der Waals surface area contributed by atoms with Gasteiger partial charge in [0.15, 0.2) is 0 Å². The van der Waals surface area contributed by atoms with E-state index >= 15 is 0 Å². The van der Waals surface area contributed by atoms with E-state index in [2.05, 4.69) is 14.8 Å². The fraction of sp³-hybridized carbons (Fsp3) is 0.250. The number of carbonyl (C=O) groups is 1. The van der Waals surface area contributed by atoms with Crippen molar-refractivity contribution in [1.29, 1.82) is 0 Å². The number of carbonyl (C=O) groups excluding carboxylic acids is 1. The molecule has 4 rings (SSSR count). The van der Waals surface area contributed by atoms with Gasteiger partial charge in [-0.05, 0) is 54.9 Å². The Morgan fingerprint density at radius 2 is 1.66 bits per heavy atom. The van der Waals surface area contributed by atoms with Gasteiger partial charge in [0.1, 0.15) is 0 Å². The summed E-state index contributed by atoms with van der Waals surface area (Å²) in [5, 5.41) is 15.4. The number of hydrogen-bond donors (Lipinski definition) is 0. The molecule has 0 unspecified atom stereocenters. The Morgan fingerprint density at radius 3 is 2.46 bits per heavy atom. The van der Waals surface area contributed by atoms with Crippen LogP contribution in [0.2, 0.25) is 0 Å². The van der Waals surface area contributed by atoms with Crippen LogP contribution in [0.3, 0.4) is 0 Å². The summed E-state index contributed by atoms with van der Waals surface area (Å²) < 4.78 is 40.7. The van der Waals surface area contributed by atoms with Crippen molar-refractivity contribution in [1.82, 2.24) is 10.1 Å². The number of benzene rings is 2. The number of fused-ring (bicyclic) bond motifs is 1. The molecular formula is C24H23N3O7S. The summed E-state index contributed by atoms with van der Waals surface area (Å²) in [6.07, 6.45) is 4.33. The van der Waals surface area contributed by atoms with Crippen molar-refractivity contribution in [3.8, 4) is 5.88 Å². The van der Waals surface area contributed by atoms with Gasteiger partial charge >= 0.3 is 16.9 Å². The van der Waals surface area contributed by atoms with Gasteiger partial charge in [0.25, 0.3) is 9.84 Å².